The minimum Gasteiger partial charge on any atom is -0.465 e. The van der Waals surface area contributed by atoms with Gasteiger partial charge in [0.2, 0.25) is 0 Å². The van der Waals surface area contributed by atoms with Gasteiger partial charge in [0.05, 0.1) is 36.3 Å². The first kappa shape index (κ1) is 23.4. The first-order valence-corrected chi connectivity index (χ1v) is 12.4. The number of esters is 1. The number of carbonyl (C=O) groups is 1. The third-order valence-corrected chi connectivity index (χ3v) is 7.70. The molecule has 33 heavy (non-hydrogen) atoms. The molecule has 2 aromatic heterocycles. The first-order chi connectivity index (χ1) is 15.8. The highest BCUT2D eigenvalue weighted by molar-refractivity contribution is 7.80. The Balaban J connectivity index is 1.55. The van der Waals surface area contributed by atoms with Crippen LogP contribution in [0.25, 0.3) is 0 Å². The fraction of sp³-hybridized carbons (Fsp3) is 0.400. The van der Waals surface area contributed by atoms with Gasteiger partial charge in [-0.2, -0.15) is 5.10 Å². The molecule has 8 heteroatoms. The Morgan fingerprint density at radius 3 is 2.76 bits per heavy atom. The second-order valence-electron chi connectivity index (χ2n) is 8.76. The van der Waals surface area contributed by atoms with Gasteiger partial charge in [0.15, 0.2) is 5.11 Å². The third kappa shape index (κ3) is 4.82. The summed E-state index contributed by atoms with van der Waals surface area (Å²) in [6.07, 6.45) is 2.95. The summed E-state index contributed by atoms with van der Waals surface area (Å²) in [4.78, 5) is 13.8. The van der Waals surface area contributed by atoms with E-state index in [9.17, 15) is 4.79 Å². The van der Waals surface area contributed by atoms with Crippen molar-refractivity contribution in [3.8, 4) is 0 Å². The summed E-state index contributed by atoms with van der Waals surface area (Å²) in [5, 5.41) is 12.5. The quantitative estimate of drug-likeness (QED) is 0.362. The highest BCUT2D eigenvalue weighted by Crippen LogP contribution is 2.40. The van der Waals surface area contributed by atoms with Crippen LogP contribution in [0.1, 0.15) is 56.7 Å². The number of thiophene rings is 1. The number of nitrogens with zero attached hydrogens (tertiary/aromatic N) is 2. The van der Waals surface area contributed by atoms with Crippen LogP contribution in [0.3, 0.4) is 0 Å². The van der Waals surface area contributed by atoms with Crippen LogP contribution in [-0.2, 0) is 24.1 Å². The molecule has 1 aliphatic rings. The lowest BCUT2D eigenvalue weighted by atomic mass is 9.88. The van der Waals surface area contributed by atoms with Crippen molar-refractivity contribution in [2.24, 2.45) is 5.92 Å². The average Bonchev–Trinajstić information content (AvgIpc) is 3.25. The second kappa shape index (κ2) is 9.65. The van der Waals surface area contributed by atoms with E-state index in [2.05, 4.69) is 36.6 Å². The molecule has 0 amide bonds. The summed E-state index contributed by atoms with van der Waals surface area (Å²) in [5.41, 5.74) is 6.96. The summed E-state index contributed by atoms with van der Waals surface area (Å²) in [5.74, 6) is 0.301. The predicted octanol–water partition coefficient (Wildman–Crippen LogP) is 5.64. The molecule has 2 N–H and O–H groups in total. The van der Waals surface area contributed by atoms with Gasteiger partial charge in [-0.15, -0.1) is 11.3 Å². The van der Waals surface area contributed by atoms with E-state index in [1.165, 1.54) is 23.1 Å². The lowest BCUT2D eigenvalue weighted by Gasteiger charge is -2.18. The standard InChI is InChI=1S/C25H30N4O2S2/c1-14-10-11-19-20(12-14)33-23(21(19)24(30)31-5)27-25(32)26-22-16(3)28-29(17(22)4)13-18-9-7-6-8-15(18)2/h6-9,14H,10-13H2,1-5H3,(H2,26,27,32). The molecule has 0 radical (unpaired) electrons. The number of hydrogen-bond donors (Lipinski definition) is 2. The maximum atomic E-state index is 12.6. The lowest BCUT2D eigenvalue weighted by molar-refractivity contribution is 0.0601. The fourth-order valence-corrected chi connectivity index (χ4v) is 6.06. The van der Waals surface area contributed by atoms with Crippen molar-refractivity contribution in [2.75, 3.05) is 17.7 Å². The molecule has 1 unspecified atom stereocenters. The van der Waals surface area contributed by atoms with E-state index in [1.54, 1.807) is 11.3 Å². The summed E-state index contributed by atoms with van der Waals surface area (Å²) < 4.78 is 7.08. The van der Waals surface area contributed by atoms with E-state index in [0.717, 1.165) is 46.9 Å². The average molecular weight is 483 g/mol. The van der Waals surface area contributed by atoms with Crippen molar-refractivity contribution in [3.05, 3.63) is 62.8 Å². The van der Waals surface area contributed by atoms with Crippen molar-refractivity contribution >= 4 is 45.3 Å². The van der Waals surface area contributed by atoms with E-state index in [0.29, 0.717) is 23.1 Å². The van der Waals surface area contributed by atoms with Gasteiger partial charge < -0.3 is 15.4 Å². The Bertz CT molecular complexity index is 1210. The zero-order valence-electron chi connectivity index (χ0n) is 19.7. The second-order valence-corrected chi connectivity index (χ2v) is 10.3. The molecule has 0 fully saturated rings. The number of hydrogen-bond acceptors (Lipinski definition) is 5. The molecule has 0 bridgehead atoms. The molecule has 1 aliphatic carbocycles. The number of benzene rings is 1. The molecule has 0 spiro atoms. The van der Waals surface area contributed by atoms with E-state index in [-0.39, 0.29) is 5.97 Å². The van der Waals surface area contributed by atoms with Crippen LogP contribution in [0.15, 0.2) is 24.3 Å². The van der Waals surface area contributed by atoms with Gasteiger partial charge in [0.1, 0.15) is 5.00 Å². The van der Waals surface area contributed by atoms with E-state index in [4.69, 9.17) is 22.1 Å². The topological polar surface area (TPSA) is 68.2 Å². The van der Waals surface area contributed by atoms with Gasteiger partial charge in [-0.25, -0.2) is 4.79 Å². The maximum Gasteiger partial charge on any atom is 0.341 e. The summed E-state index contributed by atoms with van der Waals surface area (Å²) >= 11 is 7.24. The number of aryl methyl sites for hydroxylation is 2. The van der Waals surface area contributed by atoms with E-state index < -0.39 is 0 Å². The molecule has 6 nitrogen and oxygen atoms in total. The zero-order valence-corrected chi connectivity index (χ0v) is 21.4. The van der Waals surface area contributed by atoms with Crippen molar-refractivity contribution in [3.63, 3.8) is 0 Å². The normalized spacial score (nSPS) is 15.1. The number of fused-ring (bicyclic) bond motifs is 1. The highest BCUT2D eigenvalue weighted by atomic mass is 32.1. The van der Waals surface area contributed by atoms with Gasteiger partial charge in [-0.05, 0) is 74.9 Å². The molecule has 4 rings (SSSR count). The van der Waals surface area contributed by atoms with Crippen LogP contribution in [0.5, 0.6) is 0 Å². The number of nitrogens with one attached hydrogen (secondary N) is 2. The molecule has 1 aromatic carbocycles. The number of anilines is 2. The van der Waals surface area contributed by atoms with Crippen molar-refractivity contribution < 1.29 is 9.53 Å². The number of ether oxygens (including phenoxy) is 1. The van der Waals surface area contributed by atoms with Crippen molar-refractivity contribution in [2.45, 2.75) is 53.5 Å². The first-order valence-electron chi connectivity index (χ1n) is 11.2. The summed E-state index contributed by atoms with van der Waals surface area (Å²) in [6.45, 7) is 9.06. The van der Waals surface area contributed by atoms with Crippen molar-refractivity contribution in [1.29, 1.82) is 0 Å². The van der Waals surface area contributed by atoms with Gasteiger partial charge in [0.25, 0.3) is 0 Å². The number of aromatic nitrogens is 2. The number of carbonyl (C=O) groups excluding carboxylic acids is 1. The smallest absolute Gasteiger partial charge is 0.341 e. The van der Waals surface area contributed by atoms with Gasteiger partial charge in [0, 0.05) is 4.88 Å². The molecule has 1 atom stereocenters. The molecule has 3 aromatic rings. The van der Waals surface area contributed by atoms with Gasteiger partial charge in [-0.3, -0.25) is 4.68 Å². The molecule has 2 heterocycles. The van der Waals surface area contributed by atoms with Crippen LogP contribution >= 0.6 is 23.6 Å². The van der Waals surface area contributed by atoms with Crippen LogP contribution in [0, 0.1) is 26.7 Å². The largest absolute Gasteiger partial charge is 0.465 e. The lowest BCUT2D eigenvalue weighted by Crippen LogP contribution is -2.21. The van der Waals surface area contributed by atoms with Crippen LogP contribution < -0.4 is 10.6 Å². The van der Waals surface area contributed by atoms with E-state index in [1.807, 2.05) is 30.7 Å². The number of methoxy groups -OCH3 is 1. The van der Waals surface area contributed by atoms with Crippen molar-refractivity contribution in [1.82, 2.24) is 9.78 Å². The van der Waals surface area contributed by atoms with Gasteiger partial charge >= 0.3 is 5.97 Å². The third-order valence-electron chi connectivity index (χ3n) is 6.33. The van der Waals surface area contributed by atoms with Gasteiger partial charge in [-0.1, -0.05) is 31.2 Å². The Hall–Kier alpha value is -2.71. The fourth-order valence-electron chi connectivity index (χ4n) is 4.39. The minimum atomic E-state index is -0.314. The summed E-state index contributed by atoms with van der Waals surface area (Å²) in [6, 6.07) is 8.33. The number of thiocarbonyl (C=S) groups is 1. The molecule has 174 valence electrons. The van der Waals surface area contributed by atoms with Crippen LogP contribution in [-0.4, -0.2) is 28.0 Å². The molecular formula is C25H30N4O2S2. The van der Waals surface area contributed by atoms with Crippen LogP contribution in [0.2, 0.25) is 0 Å². The Morgan fingerprint density at radius 1 is 1.27 bits per heavy atom. The Morgan fingerprint density at radius 2 is 2.03 bits per heavy atom. The zero-order chi connectivity index (χ0) is 23.7. The SMILES string of the molecule is COC(=O)c1c(NC(=S)Nc2c(C)nn(Cc3ccccc3C)c2C)sc2c1CCC(C)C2. The maximum absolute atomic E-state index is 12.6. The predicted molar refractivity (Wildman–Crippen MR) is 139 cm³/mol. The van der Waals surface area contributed by atoms with E-state index >= 15 is 0 Å². The molecule has 0 saturated carbocycles. The number of rotatable bonds is 5. The highest BCUT2D eigenvalue weighted by Gasteiger charge is 2.28. The molecule has 0 aliphatic heterocycles. The Labute approximate surface area is 204 Å². The monoisotopic (exact) mass is 482 g/mol. The Kier molecular flexibility index (Phi) is 6.86. The summed E-state index contributed by atoms with van der Waals surface area (Å²) in [7, 11) is 1.42. The van der Waals surface area contributed by atoms with Crippen LogP contribution in [0.4, 0.5) is 10.7 Å². The molecule has 0 saturated heterocycles. The molecular weight excluding hydrogens is 452 g/mol. The minimum absolute atomic E-state index is 0.314.